The molecule has 0 aliphatic heterocycles. The predicted octanol–water partition coefficient (Wildman–Crippen LogP) is 6.89. The summed E-state index contributed by atoms with van der Waals surface area (Å²) >= 11 is 0. The minimum Gasteiger partial charge on any atom is -0.355 e. The van der Waals surface area contributed by atoms with Gasteiger partial charge in [0.25, 0.3) is 0 Å². The fourth-order valence-electron chi connectivity index (χ4n) is 5.05. The number of nitrogens with one attached hydrogen (secondary N) is 2. The van der Waals surface area contributed by atoms with Crippen molar-refractivity contribution in [3.05, 3.63) is 125 Å². The van der Waals surface area contributed by atoms with Gasteiger partial charge in [-0.25, -0.2) is 0 Å². The van der Waals surface area contributed by atoms with Gasteiger partial charge in [-0.2, -0.15) is 0 Å². The van der Waals surface area contributed by atoms with Gasteiger partial charge in [-0.3, -0.25) is 4.98 Å². The zero-order chi connectivity index (χ0) is 25.5. The Morgan fingerprint density at radius 3 is 2.42 bits per heavy atom. The number of rotatable bonds is 10. The highest BCUT2D eigenvalue weighted by atomic mass is 14.9. The quantitative estimate of drug-likeness (QED) is 0.279. The summed E-state index contributed by atoms with van der Waals surface area (Å²) in [5.41, 5.74) is 15.5. The second kappa shape index (κ2) is 11.3. The van der Waals surface area contributed by atoms with Crippen molar-refractivity contribution < 1.29 is 0 Å². The second-order valence-electron chi connectivity index (χ2n) is 9.58. The van der Waals surface area contributed by atoms with Crippen LogP contribution in [-0.4, -0.2) is 17.7 Å². The standard InChI is InChI=1S/C32H36N4/c1-4-25-10-12-26(13-11-25)20-32(24(3)30-7-5-6-18-35-30)21-27(22-34)31(19-28(32)16-17-33)36-29-14-8-23(2)9-15-29/h5-15,18-19,22,34,36H,3-4,16-17,20-21,33H2,1-2H3. The van der Waals surface area contributed by atoms with Gasteiger partial charge in [0.05, 0.1) is 5.69 Å². The summed E-state index contributed by atoms with van der Waals surface area (Å²) < 4.78 is 0. The molecule has 3 aromatic rings. The maximum atomic E-state index is 8.33. The van der Waals surface area contributed by atoms with Crippen molar-refractivity contribution >= 4 is 17.5 Å². The number of aryl methyl sites for hydroxylation is 2. The Morgan fingerprint density at radius 1 is 1.08 bits per heavy atom. The molecule has 0 saturated carbocycles. The van der Waals surface area contributed by atoms with E-state index in [9.17, 15) is 0 Å². The van der Waals surface area contributed by atoms with Crippen LogP contribution in [0.15, 0.2) is 102 Å². The normalized spacial score (nSPS) is 17.5. The summed E-state index contributed by atoms with van der Waals surface area (Å²) in [4.78, 5) is 4.66. The van der Waals surface area contributed by atoms with Crippen molar-refractivity contribution in [3.8, 4) is 0 Å². The smallest absolute Gasteiger partial charge is 0.0664 e. The first-order chi connectivity index (χ1) is 17.5. The number of hydrogen-bond donors (Lipinski definition) is 3. The molecule has 1 aliphatic rings. The van der Waals surface area contributed by atoms with Crippen LogP contribution in [-0.2, 0) is 12.8 Å². The third kappa shape index (κ3) is 5.39. The van der Waals surface area contributed by atoms with Gasteiger partial charge in [0, 0.05) is 29.2 Å². The van der Waals surface area contributed by atoms with Crippen molar-refractivity contribution in [2.45, 2.75) is 39.5 Å². The number of benzene rings is 2. The molecule has 1 atom stereocenters. The molecule has 184 valence electrons. The maximum absolute atomic E-state index is 8.33. The van der Waals surface area contributed by atoms with E-state index in [1.54, 1.807) is 0 Å². The third-order valence-electron chi connectivity index (χ3n) is 7.18. The van der Waals surface area contributed by atoms with Crippen LogP contribution in [0.25, 0.3) is 5.57 Å². The number of nitrogens with two attached hydrogens (primary N) is 1. The molecule has 0 fully saturated rings. The molecule has 0 spiro atoms. The van der Waals surface area contributed by atoms with Crippen LogP contribution in [0.2, 0.25) is 0 Å². The highest BCUT2D eigenvalue weighted by molar-refractivity contribution is 5.84. The summed E-state index contributed by atoms with van der Waals surface area (Å²) in [7, 11) is 0. The minimum atomic E-state index is -0.424. The van der Waals surface area contributed by atoms with Gasteiger partial charge in [0.15, 0.2) is 0 Å². The number of allylic oxidation sites excluding steroid dienone is 3. The molecule has 4 N–H and O–H groups in total. The summed E-state index contributed by atoms with van der Waals surface area (Å²) in [6.45, 7) is 9.40. The molecule has 0 saturated heterocycles. The fraction of sp³-hybridized carbons (Fsp3) is 0.250. The van der Waals surface area contributed by atoms with E-state index in [0.717, 1.165) is 47.5 Å². The first-order valence-electron chi connectivity index (χ1n) is 12.7. The van der Waals surface area contributed by atoms with E-state index in [1.165, 1.54) is 28.5 Å². The van der Waals surface area contributed by atoms with Crippen LogP contribution in [0.1, 0.15) is 42.1 Å². The summed E-state index contributed by atoms with van der Waals surface area (Å²) in [6, 6.07) is 23.1. The third-order valence-corrected chi connectivity index (χ3v) is 7.18. The van der Waals surface area contributed by atoms with Gasteiger partial charge in [0.2, 0.25) is 0 Å². The van der Waals surface area contributed by atoms with Crippen LogP contribution >= 0.6 is 0 Å². The molecule has 1 aliphatic carbocycles. The van der Waals surface area contributed by atoms with E-state index < -0.39 is 5.41 Å². The number of aromatic nitrogens is 1. The molecule has 1 aromatic heterocycles. The fourth-order valence-corrected chi connectivity index (χ4v) is 5.05. The van der Waals surface area contributed by atoms with Crippen LogP contribution in [0.4, 0.5) is 5.69 Å². The molecular weight excluding hydrogens is 440 g/mol. The lowest BCUT2D eigenvalue weighted by Gasteiger charge is -2.42. The first-order valence-corrected chi connectivity index (χ1v) is 12.7. The molecule has 0 amide bonds. The number of hydrogen-bond acceptors (Lipinski definition) is 4. The Bertz CT molecular complexity index is 1270. The zero-order valence-corrected chi connectivity index (χ0v) is 21.4. The summed E-state index contributed by atoms with van der Waals surface area (Å²) in [6.07, 6.45) is 8.67. The maximum Gasteiger partial charge on any atom is 0.0664 e. The lowest BCUT2D eigenvalue weighted by molar-refractivity contribution is 0.452. The Kier molecular flexibility index (Phi) is 7.97. The van der Waals surface area contributed by atoms with Crippen molar-refractivity contribution in [3.63, 3.8) is 0 Å². The molecule has 0 radical (unpaired) electrons. The van der Waals surface area contributed by atoms with E-state index in [0.29, 0.717) is 13.0 Å². The molecule has 4 heteroatoms. The summed E-state index contributed by atoms with van der Waals surface area (Å²) in [5.74, 6) is 0. The predicted molar refractivity (Wildman–Crippen MR) is 152 cm³/mol. The van der Waals surface area contributed by atoms with E-state index in [2.05, 4.69) is 85.3 Å². The van der Waals surface area contributed by atoms with E-state index >= 15 is 0 Å². The van der Waals surface area contributed by atoms with Gasteiger partial charge in [0.1, 0.15) is 0 Å². The Hall–Kier alpha value is -3.76. The molecular formula is C32H36N4. The Balaban J connectivity index is 1.81. The molecule has 1 heterocycles. The van der Waals surface area contributed by atoms with E-state index in [4.69, 9.17) is 11.1 Å². The average molecular weight is 477 g/mol. The largest absolute Gasteiger partial charge is 0.355 e. The lowest BCUT2D eigenvalue weighted by atomic mass is 9.62. The lowest BCUT2D eigenvalue weighted by Crippen LogP contribution is -2.33. The zero-order valence-electron chi connectivity index (χ0n) is 21.4. The van der Waals surface area contributed by atoms with Crippen molar-refractivity contribution in [2.24, 2.45) is 11.1 Å². The van der Waals surface area contributed by atoms with E-state index in [1.807, 2.05) is 24.4 Å². The van der Waals surface area contributed by atoms with Crippen molar-refractivity contribution in [2.75, 3.05) is 11.9 Å². The number of pyridine rings is 1. The van der Waals surface area contributed by atoms with Gasteiger partial charge >= 0.3 is 0 Å². The molecule has 4 rings (SSSR count). The van der Waals surface area contributed by atoms with Gasteiger partial charge in [-0.15, -0.1) is 0 Å². The Morgan fingerprint density at radius 2 is 1.81 bits per heavy atom. The molecule has 2 aromatic carbocycles. The van der Waals surface area contributed by atoms with Gasteiger partial charge in [-0.1, -0.05) is 67.1 Å². The number of nitrogens with zero attached hydrogens (tertiary/aromatic N) is 1. The molecule has 0 bridgehead atoms. The highest BCUT2D eigenvalue weighted by Crippen LogP contribution is 2.51. The van der Waals surface area contributed by atoms with Gasteiger partial charge in [-0.05, 0) is 91.8 Å². The number of anilines is 1. The SMILES string of the molecule is C=C(c1ccccn1)C1(Cc2ccc(CC)cc2)CC(C=N)=C(Nc2ccc(C)cc2)C=C1CCN. The van der Waals surface area contributed by atoms with Crippen LogP contribution in [0, 0.1) is 17.7 Å². The van der Waals surface area contributed by atoms with E-state index in [-0.39, 0.29) is 0 Å². The Labute approximate surface area is 215 Å². The topological polar surface area (TPSA) is 74.8 Å². The molecule has 36 heavy (non-hydrogen) atoms. The monoisotopic (exact) mass is 476 g/mol. The van der Waals surface area contributed by atoms with Crippen LogP contribution in [0.5, 0.6) is 0 Å². The van der Waals surface area contributed by atoms with Crippen LogP contribution in [0.3, 0.4) is 0 Å². The second-order valence-corrected chi connectivity index (χ2v) is 9.58. The first kappa shape index (κ1) is 25.3. The van der Waals surface area contributed by atoms with Crippen LogP contribution < -0.4 is 11.1 Å². The minimum absolute atomic E-state index is 0.424. The van der Waals surface area contributed by atoms with Crippen molar-refractivity contribution in [1.82, 2.24) is 4.98 Å². The average Bonchev–Trinajstić information content (AvgIpc) is 2.92. The van der Waals surface area contributed by atoms with Gasteiger partial charge < -0.3 is 16.5 Å². The van der Waals surface area contributed by atoms with Crippen molar-refractivity contribution in [1.29, 1.82) is 5.41 Å². The summed E-state index contributed by atoms with van der Waals surface area (Å²) in [5, 5.41) is 11.9. The molecule has 1 unspecified atom stereocenters. The molecule has 4 nitrogen and oxygen atoms in total. The highest BCUT2D eigenvalue weighted by Gasteiger charge is 2.41.